The highest BCUT2D eigenvalue weighted by Gasteiger charge is 2.26. The van der Waals surface area contributed by atoms with Crippen molar-refractivity contribution in [3.8, 4) is 0 Å². The minimum Gasteiger partial charge on any atom is -0.307 e. The van der Waals surface area contributed by atoms with Gasteiger partial charge in [0.1, 0.15) is 0 Å². The van der Waals surface area contributed by atoms with Gasteiger partial charge in [0, 0.05) is 29.1 Å². The zero-order chi connectivity index (χ0) is 13.2. The minimum absolute atomic E-state index is 0.185. The molecular weight excluding hydrogens is 240 g/mol. The van der Waals surface area contributed by atoms with Crippen LogP contribution in [0, 0.1) is 5.92 Å². The first kappa shape index (κ1) is 14.0. The van der Waals surface area contributed by atoms with Crippen molar-refractivity contribution in [1.29, 1.82) is 0 Å². The van der Waals surface area contributed by atoms with Gasteiger partial charge in [-0.3, -0.25) is 0 Å². The Bertz CT molecular complexity index is 378. The quantitative estimate of drug-likeness (QED) is 0.877. The lowest BCUT2D eigenvalue weighted by Crippen LogP contribution is -2.34. The van der Waals surface area contributed by atoms with E-state index in [2.05, 4.69) is 44.2 Å². The first-order chi connectivity index (χ1) is 8.48. The lowest BCUT2D eigenvalue weighted by molar-refractivity contribution is 0.426. The van der Waals surface area contributed by atoms with Gasteiger partial charge in [-0.25, -0.2) is 4.98 Å². The molecule has 102 valence electrons. The molecule has 1 aromatic heterocycles. The Morgan fingerprint density at radius 2 is 2.17 bits per heavy atom. The fourth-order valence-electron chi connectivity index (χ4n) is 2.62. The summed E-state index contributed by atoms with van der Waals surface area (Å²) in [6, 6.07) is 0. The lowest BCUT2D eigenvalue weighted by Gasteiger charge is -2.19. The highest BCUT2D eigenvalue weighted by molar-refractivity contribution is 7.11. The summed E-state index contributed by atoms with van der Waals surface area (Å²) in [4.78, 5) is 6.02. The molecule has 3 heteroatoms. The number of hydrogen-bond acceptors (Lipinski definition) is 3. The van der Waals surface area contributed by atoms with E-state index in [0.717, 1.165) is 18.4 Å². The van der Waals surface area contributed by atoms with Crippen molar-refractivity contribution in [2.45, 2.75) is 71.4 Å². The third-order valence-electron chi connectivity index (χ3n) is 3.83. The van der Waals surface area contributed by atoms with Crippen LogP contribution in [0.1, 0.15) is 69.2 Å². The molecule has 0 aliphatic heterocycles. The summed E-state index contributed by atoms with van der Waals surface area (Å²) in [6.45, 7) is 9.88. The SMILES string of the molecule is CCC1CCC(c2ncc(CNC(C)(C)C)s2)C1. The van der Waals surface area contributed by atoms with Gasteiger partial charge in [0.15, 0.2) is 0 Å². The molecule has 0 amide bonds. The standard InChI is InChI=1S/C15H26N2S/c1-5-11-6-7-12(8-11)14-16-9-13(18-14)10-17-15(2,3)4/h9,11-12,17H,5-8,10H2,1-4H3. The minimum atomic E-state index is 0.185. The molecule has 0 radical (unpaired) electrons. The predicted molar refractivity (Wildman–Crippen MR) is 79.1 cm³/mol. The summed E-state index contributed by atoms with van der Waals surface area (Å²) < 4.78 is 0. The average Bonchev–Trinajstić information content (AvgIpc) is 2.94. The first-order valence-corrected chi connectivity index (χ1v) is 7.99. The van der Waals surface area contributed by atoms with Crippen molar-refractivity contribution in [1.82, 2.24) is 10.3 Å². The van der Waals surface area contributed by atoms with Crippen LogP contribution in [0.15, 0.2) is 6.20 Å². The van der Waals surface area contributed by atoms with Gasteiger partial charge in [-0.05, 0) is 46.0 Å². The number of thiazole rings is 1. The third-order valence-corrected chi connectivity index (χ3v) is 4.99. The van der Waals surface area contributed by atoms with Crippen LogP contribution in [-0.4, -0.2) is 10.5 Å². The number of aromatic nitrogens is 1. The van der Waals surface area contributed by atoms with Crippen LogP contribution in [0.5, 0.6) is 0 Å². The number of nitrogens with zero attached hydrogens (tertiary/aromatic N) is 1. The molecule has 1 heterocycles. The molecule has 18 heavy (non-hydrogen) atoms. The second-order valence-corrected chi connectivity index (χ2v) is 7.70. The molecule has 1 aliphatic rings. The maximum absolute atomic E-state index is 4.65. The van der Waals surface area contributed by atoms with Crippen molar-refractivity contribution in [3.63, 3.8) is 0 Å². The number of hydrogen-bond donors (Lipinski definition) is 1. The van der Waals surface area contributed by atoms with Gasteiger partial charge in [-0.2, -0.15) is 0 Å². The van der Waals surface area contributed by atoms with Crippen LogP contribution in [0.25, 0.3) is 0 Å². The molecule has 1 aliphatic carbocycles. The second kappa shape index (κ2) is 5.70. The molecule has 2 nitrogen and oxygen atoms in total. The maximum Gasteiger partial charge on any atom is 0.0959 e. The summed E-state index contributed by atoms with van der Waals surface area (Å²) >= 11 is 1.91. The van der Waals surface area contributed by atoms with Crippen LogP contribution in [0.4, 0.5) is 0 Å². The Balaban J connectivity index is 1.90. The van der Waals surface area contributed by atoms with Crippen molar-refractivity contribution in [2.24, 2.45) is 5.92 Å². The van der Waals surface area contributed by atoms with Gasteiger partial charge >= 0.3 is 0 Å². The molecule has 2 atom stereocenters. The van der Waals surface area contributed by atoms with E-state index in [1.807, 2.05) is 11.3 Å². The van der Waals surface area contributed by atoms with Gasteiger partial charge in [-0.15, -0.1) is 11.3 Å². The van der Waals surface area contributed by atoms with Crippen molar-refractivity contribution >= 4 is 11.3 Å². The van der Waals surface area contributed by atoms with Gasteiger partial charge in [0.25, 0.3) is 0 Å². The Hall–Kier alpha value is -0.410. The molecule has 1 N–H and O–H groups in total. The van der Waals surface area contributed by atoms with E-state index in [1.54, 1.807) is 0 Å². The van der Waals surface area contributed by atoms with E-state index in [0.29, 0.717) is 0 Å². The van der Waals surface area contributed by atoms with Gasteiger partial charge in [0.2, 0.25) is 0 Å². The fourth-order valence-corrected chi connectivity index (χ4v) is 3.62. The molecule has 0 bridgehead atoms. The lowest BCUT2D eigenvalue weighted by atomic mass is 10.0. The van der Waals surface area contributed by atoms with Crippen molar-refractivity contribution in [2.75, 3.05) is 0 Å². The van der Waals surface area contributed by atoms with E-state index in [4.69, 9.17) is 0 Å². The maximum atomic E-state index is 4.65. The van der Waals surface area contributed by atoms with Crippen molar-refractivity contribution < 1.29 is 0 Å². The molecule has 2 rings (SSSR count). The molecule has 0 spiro atoms. The van der Waals surface area contributed by atoms with E-state index >= 15 is 0 Å². The zero-order valence-corrected chi connectivity index (χ0v) is 12.9. The molecular formula is C15H26N2S. The fraction of sp³-hybridized carbons (Fsp3) is 0.800. The largest absolute Gasteiger partial charge is 0.307 e. The summed E-state index contributed by atoms with van der Waals surface area (Å²) in [5, 5.41) is 4.90. The molecule has 1 aromatic rings. The predicted octanol–water partition coefficient (Wildman–Crippen LogP) is 4.32. The van der Waals surface area contributed by atoms with Gasteiger partial charge < -0.3 is 5.32 Å². The van der Waals surface area contributed by atoms with Crippen LogP contribution < -0.4 is 5.32 Å². The molecule has 1 saturated carbocycles. The Labute approximate surface area is 115 Å². The van der Waals surface area contributed by atoms with E-state index in [-0.39, 0.29) is 5.54 Å². The monoisotopic (exact) mass is 266 g/mol. The molecule has 1 fully saturated rings. The molecule has 0 aromatic carbocycles. The Morgan fingerprint density at radius 3 is 2.78 bits per heavy atom. The summed E-state index contributed by atoms with van der Waals surface area (Å²) in [7, 11) is 0. The zero-order valence-electron chi connectivity index (χ0n) is 12.1. The van der Waals surface area contributed by atoms with Crippen molar-refractivity contribution in [3.05, 3.63) is 16.1 Å². The van der Waals surface area contributed by atoms with Crippen LogP contribution >= 0.6 is 11.3 Å². The van der Waals surface area contributed by atoms with Gasteiger partial charge in [0.05, 0.1) is 5.01 Å². The summed E-state index contributed by atoms with van der Waals surface area (Å²) in [5.41, 5.74) is 0.185. The molecule has 2 unspecified atom stereocenters. The van der Waals surface area contributed by atoms with E-state index in [9.17, 15) is 0 Å². The Morgan fingerprint density at radius 1 is 1.39 bits per heavy atom. The summed E-state index contributed by atoms with van der Waals surface area (Å²) in [6.07, 6.45) is 7.50. The van der Waals surface area contributed by atoms with Crippen LogP contribution in [-0.2, 0) is 6.54 Å². The van der Waals surface area contributed by atoms with Crippen LogP contribution in [0.3, 0.4) is 0 Å². The number of nitrogens with one attached hydrogen (secondary N) is 1. The normalized spacial score (nSPS) is 24.7. The highest BCUT2D eigenvalue weighted by atomic mass is 32.1. The Kier molecular flexibility index (Phi) is 4.44. The topological polar surface area (TPSA) is 24.9 Å². The van der Waals surface area contributed by atoms with E-state index in [1.165, 1.54) is 35.6 Å². The third kappa shape index (κ3) is 3.79. The molecule has 0 saturated heterocycles. The average molecular weight is 266 g/mol. The second-order valence-electron chi connectivity index (χ2n) is 6.55. The first-order valence-electron chi connectivity index (χ1n) is 7.17. The van der Waals surface area contributed by atoms with Gasteiger partial charge in [-0.1, -0.05) is 13.3 Å². The summed E-state index contributed by atoms with van der Waals surface area (Å²) in [5.74, 6) is 1.68. The highest BCUT2D eigenvalue weighted by Crippen LogP contribution is 2.40. The van der Waals surface area contributed by atoms with E-state index < -0.39 is 0 Å². The number of rotatable bonds is 4. The smallest absolute Gasteiger partial charge is 0.0959 e. The van der Waals surface area contributed by atoms with Crippen LogP contribution in [0.2, 0.25) is 0 Å².